The molecule has 56 heavy (non-hydrogen) atoms. The molecular formula is C52H34N4. The fourth-order valence-electron chi connectivity index (χ4n) is 8.53. The van der Waals surface area contributed by atoms with Crippen molar-refractivity contribution in [1.82, 2.24) is 19.1 Å². The SMILES string of the molecule is c1ccc(-c2cc(-c3ccccc3)nc(-n3c4ccccc4c4cccc(-c5c(-c6ccccc6)ccc6c5c5ccccc5n6-c5ccccc5)c43)n2)cc1. The summed E-state index contributed by atoms with van der Waals surface area (Å²) < 4.78 is 4.69. The summed E-state index contributed by atoms with van der Waals surface area (Å²) in [5, 5.41) is 4.71. The zero-order valence-corrected chi connectivity index (χ0v) is 30.4. The highest BCUT2D eigenvalue weighted by atomic mass is 15.2. The maximum atomic E-state index is 5.39. The number of para-hydroxylation sites is 4. The number of hydrogen-bond donors (Lipinski definition) is 0. The van der Waals surface area contributed by atoms with Crippen LogP contribution < -0.4 is 0 Å². The summed E-state index contributed by atoms with van der Waals surface area (Å²) in [6.45, 7) is 0. The van der Waals surface area contributed by atoms with E-state index < -0.39 is 0 Å². The quantitative estimate of drug-likeness (QED) is 0.172. The molecule has 0 fully saturated rings. The fourth-order valence-corrected chi connectivity index (χ4v) is 8.53. The summed E-state index contributed by atoms with van der Waals surface area (Å²) in [7, 11) is 0. The molecule has 0 spiro atoms. The highest BCUT2D eigenvalue weighted by Gasteiger charge is 2.25. The van der Waals surface area contributed by atoms with E-state index in [1.165, 1.54) is 27.4 Å². The number of fused-ring (bicyclic) bond motifs is 6. The van der Waals surface area contributed by atoms with Gasteiger partial charge < -0.3 is 4.57 Å². The van der Waals surface area contributed by atoms with Gasteiger partial charge in [-0.25, -0.2) is 9.97 Å². The van der Waals surface area contributed by atoms with Crippen LogP contribution in [0.2, 0.25) is 0 Å². The van der Waals surface area contributed by atoms with E-state index in [2.05, 4.69) is 203 Å². The third-order valence-electron chi connectivity index (χ3n) is 11.0. The van der Waals surface area contributed by atoms with Crippen LogP contribution in [-0.4, -0.2) is 19.1 Å². The van der Waals surface area contributed by atoms with Crippen molar-refractivity contribution in [3.05, 3.63) is 206 Å². The molecular weight excluding hydrogens is 681 g/mol. The number of nitrogens with zero attached hydrogens (tertiary/aromatic N) is 4. The van der Waals surface area contributed by atoms with Crippen molar-refractivity contribution in [2.24, 2.45) is 0 Å². The van der Waals surface area contributed by atoms with Gasteiger partial charge in [0.25, 0.3) is 0 Å². The molecule has 0 bridgehead atoms. The first-order valence-corrected chi connectivity index (χ1v) is 19.0. The second kappa shape index (κ2) is 13.1. The summed E-state index contributed by atoms with van der Waals surface area (Å²) in [6.07, 6.45) is 0. The molecule has 0 N–H and O–H groups in total. The van der Waals surface area contributed by atoms with Gasteiger partial charge in [0.05, 0.1) is 33.5 Å². The van der Waals surface area contributed by atoms with Crippen molar-refractivity contribution in [2.75, 3.05) is 0 Å². The zero-order valence-electron chi connectivity index (χ0n) is 30.4. The average Bonchev–Trinajstić information content (AvgIpc) is 3.80. The second-order valence-electron chi connectivity index (χ2n) is 14.2. The Bertz CT molecular complexity index is 3160. The molecule has 0 radical (unpaired) electrons. The molecule has 0 amide bonds. The van der Waals surface area contributed by atoms with Gasteiger partial charge in [-0.2, -0.15) is 0 Å². The van der Waals surface area contributed by atoms with E-state index in [4.69, 9.17) is 9.97 Å². The Hall–Kier alpha value is -7.56. The Morgan fingerprint density at radius 1 is 0.339 bits per heavy atom. The van der Waals surface area contributed by atoms with Crippen LogP contribution in [0.5, 0.6) is 0 Å². The molecule has 0 atom stereocenters. The van der Waals surface area contributed by atoms with Crippen molar-refractivity contribution in [3.8, 4) is 56.4 Å². The maximum absolute atomic E-state index is 5.39. The third kappa shape index (κ3) is 5.08. The van der Waals surface area contributed by atoms with E-state index >= 15 is 0 Å². The highest BCUT2D eigenvalue weighted by molar-refractivity contribution is 6.23. The van der Waals surface area contributed by atoms with E-state index in [1.807, 2.05) is 12.1 Å². The second-order valence-corrected chi connectivity index (χ2v) is 14.2. The van der Waals surface area contributed by atoms with Gasteiger partial charge in [-0.1, -0.05) is 170 Å². The van der Waals surface area contributed by atoms with E-state index in [1.54, 1.807) is 0 Å². The molecule has 0 aliphatic heterocycles. The Morgan fingerprint density at radius 2 is 0.857 bits per heavy atom. The molecule has 0 aliphatic carbocycles. The molecule has 0 saturated heterocycles. The van der Waals surface area contributed by atoms with Gasteiger partial charge in [0.15, 0.2) is 0 Å². The van der Waals surface area contributed by atoms with Crippen LogP contribution >= 0.6 is 0 Å². The highest BCUT2D eigenvalue weighted by Crippen LogP contribution is 2.47. The van der Waals surface area contributed by atoms with Gasteiger partial charge in [-0.3, -0.25) is 4.57 Å². The van der Waals surface area contributed by atoms with Crippen LogP contribution in [-0.2, 0) is 0 Å². The molecule has 11 rings (SSSR count). The molecule has 11 aromatic rings. The third-order valence-corrected chi connectivity index (χ3v) is 11.0. The van der Waals surface area contributed by atoms with E-state index in [0.717, 1.165) is 66.7 Å². The predicted octanol–water partition coefficient (Wildman–Crippen LogP) is 13.3. The standard InChI is InChI=1S/C52H34N4/c1-5-18-35(19-6-1)39-32-33-48-50(42-27-14-16-31-47(42)55(48)38-24-11-4-12-25-38)49(39)43-29-17-28-41-40-26-13-15-30-46(40)56(51(41)43)52-53-44(36-20-7-2-8-21-36)34-45(54-52)37-22-9-3-10-23-37/h1-34H. The van der Waals surface area contributed by atoms with Gasteiger partial charge in [-0.05, 0) is 47.5 Å². The Morgan fingerprint density at radius 3 is 1.50 bits per heavy atom. The van der Waals surface area contributed by atoms with Gasteiger partial charge in [-0.15, -0.1) is 0 Å². The van der Waals surface area contributed by atoms with Crippen molar-refractivity contribution in [1.29, 1.82) is 0 Å². The van der Waals surface area contributed by atoms with Crippen molar-refractivity contribution >= 4 is 43.6 Å². The lowest BCUT2D eigenvalue weighted by Gasteiger charge is -2.17. The molecule has 3 aromatic heterocycles. The van der Waals surface area contributed by atoms with Gasteiger partial charge >= 0.3 is 0 Å². The molecule has 0 saturated carbocycles. The normalized spacial score (nSPS) is 11.6. The minimum Gasteiger partial charge on any atom is -0.309 e. The first-order chi connectivity index (χ1) is 27.8. The molecule has 8 aromatic carbocycles. The molecule has 0 unspecified atom stereocenters. The summed E-state index contributed by atoms with van der Waals surface area (Å²) in [6, 6.07) is 73.2. The Kier molecular flexibility index (Phi) is 7.46. The summed E-state index contributed by atoms with van der Waals surface area (Å²) >= 11 is 0. The molecule has 4 heteroatoms. The van der Waals surface area contributed by atoms with Crippen LogP contribution in [0.15, 0.2) is 206 Å². The topological polar surface area (TPSA) is 35.6 Å². The van der Waals surface area contributed by atoms with Gasteiger partial charge in [0.1, 0.15) is 0 Å². The maximum Gasteiger partial charge on any atom is 0.235 e. The van der Waals surface area contributed by atoms with Gasteiger partial charge in [0, 0.05) is 49.5 Å². The van der Waals surface area contributed by atoms with Gasteiger partial charge in [0.2, 0.25) is 5.95 Å². The average molecular weight is 715 g/mol. The molecule has 4 nitrogen and oxygen atoms in total. The lowest BCUT2D eigenvalue weighted by molar-refractivity contribution is 0.996. The van der Waals surface area contributed by atoms with Crippen LogP contribution in [0.4, 0.5) is 0 Å². The Balaban J connectivity index is 1.31. The monoisotopic (exact) mass is 714 g/mol. The van der Waals surface area contributed by atoms with Crippen LogP contribution in [0.25, 0.3) is 100 Å². The van der Waals surface area contributed by atoms with Crippen LogP contribution in [0.3, 0.4) is 0 Å². The van der Waals surface area contributed by atoms with E-state index in [-0.39, 0.29) is 0 Å². The minimum absolute atomic E-state index is 0.629. The largest absolute Gasteiger partial charge is 0.309 e. The molecule has 3 heterocycles. The first-order valence-electron chi connectivity index (χ1n) is 19.0. The Labute approximate surface area is 324 Å². The van der Waals surface area contributed by atoms with E-state index in [9.17, 15) is 0 Å². The lowest BCUT2D eigenvalue weighted by atomic mass is 9.89. The number of aromatic nitrogens is 4. The minimum atomic E-state index is 0.629. The molecule has 0 aliphatic rings. The van der Waals surface area contributed by atoms with Crippen molar-refractivity contribution in [2.45, 2.75) is 0 Å². The smallest absolute Gasteiger partial charge is 0.235 e. The molecule has 262 valence electrons. The van der Waals surface area contributed by atoms with E-state index in [0.29, 0.717) is 5.95 Å². The summed E-state index contributed by atoms with van der Waals surface area (Å²) in [4.78, 5) is 10.8. The number of benzene rings is 8. The van der Waals surface area contributed by atoms with Crippen LogP contribution in [0, 0.1) is 0 Å². The van der Waals surface area contributed by atoms with Crippen LogP contribution in [0.1, 0.15) is 0 Å². The van der Waals surface area contributed by atoms with Crippen molar-refractivity contribution < 1.29 is 0 Å². The lowest BCUT2D eigenvalue weighted by Crippen LogP contribution is -2.05. The van der Waals surface area contributed by atoms with Crippen molar-refractivity contribution in [3.63, 3.8) is 0 Å². The first kappa shape index (κ1) is 31.9. The summed E-state index contributed by atoms with van der Waals surface area (Å²) in [5.74, 6) is 0.629. The number of rotatable bonds is 6. The zero-order chi connectivity index (χ0) is 37.0. The fraction of sp³-hybridized carbons (Fsp3) is 0. The predicted molar refractivity (Wildman–Crippen MR) is 232 cm³/mol. The summed E-state index contributed by atoms with van der Waals surface area (Å²) in [5.41, 5.74) is 14.0. The number of hydrogen-bond acceptors (Lipinski definition) is 2.